The Hall–Kier alpha value is -6.96. The quantitative estimate of drug-likeness (QED) is 0.0919. The number of benzene rings is 4. The van der Waals surface area contributed by atoms with Gasteiger partial charge in [-0.15, -0.1) is 0 Å². The predicted octanol–water partition coefficient (Wildman–Crippen LogP) is 10.1. The minimum atomic E-state index is 0.0929. The summed E-state index contributed by atoms with van der Waals surface area (Å²) < 4.78 is 0. The van der Waals surface area contributed by atoms with Crippen molar-refractivity contribution in [3.8, 4) is 11.3 Å². The van der Waals surface area contributed by atoms with E-state index in [0.29, 0.717) is 50.1 Å². The Morgan fingerprint density at radius 2 is 1.09 bits per heavy atom. The van der Waals surface area contributed by atoms with Crippen LogP contribution in [0.5, 0.6) is 0 Å². The fourth-order valence-corrected chi connectivity index (χ4v) is 11.6. The Bertz CT molecular complexity index is 3040. The van der Waals surface area contributed by atoms with Crippen LogP contribution >= 0.6 is 23.2 Å². The highest BCUT2D eigenvalue weighted by atomic mass is 35.5. The van der Waals surface area contributed by atoms with Gasteiger partial charge >= 0.3 is 0 Å². The van der Waals surface area contributed by atoms with Crippen LogP contribution < -0.4 is 22.1 Å². The lowest BCUT2D eigenvalue weighted by molar-refractivity contribution is 0.0574. The van der Waals surface area contributed by atoms with E-state index in [9.17, 15) is 9.59 Å². The second-order valence-corrected chi connectivity index (χ2v) is 19.4. The number of hydrogen-bond donors (Lipinski definition) is 5. The first kappa shape index (κ1) is 43.6. The van der Waals surface area contributed by atoms with Gasteiger partial charge in [-0.1, -0.05) is 71.7 Å². The zero-order valence-electron chi connectivity index (χ0n) is 37.3. The number of H-pyrrole nitrogens is 1. The van der Waals surface area contributed by atoms with E-state index in [2.05, 4.69) is 65.7 Å². The molecule has 0 spiro atoms. The lowest BCUT2D eigenvalue weighted by atomic mass is 9.96. The minimum Gasteiger partial charge on any atom is -0.399 e. The van der Waals surface area contributed by atoms with Gasteiger partial charge in [-0.25, -0.2) is 19.9 Å². The average molecular weight is 945 g/mol. The first-order chi connectivity index (χ1) is 33.1. The molecule has 2 unspecified atom stereocenters. The number of nitrogens with one attached hydrogen (secondary N) is 3. The molecular weight excluding hydrogens is 894 g/mol. The molecular formula is C53H51Cl2N11O2. The number of piperidine rings is 2. The zero-order valence-corrected chi connectivity index (χ0v) is 38.8. The highest BCUT2D eigenvalue weighted by molar-refractivity contribution is 6.33. The number of fused-ring (bicyclic) bond motifs is 6. The topological polar surface area (TPSA) is 184 Å². The summed E-state index contributed by atoms with van der Waals surface area (Å²) >= 11 is 13.0. The normalized spacial score (nSPS) is 22.3. The first-order valence-corrected chi connectivity index (χ1v) is 24.2. The summed E-state index contributed by atoms with van der Waals surface area (Å²) in [6.07, 6.45) is 15.9. The van der Waals surface area contributed by atoms with Crippen LogP contribution in [0.3, 0.4) is 0 Å². The number of nitrogens with zero attached hydrogens (tertiary/aromatic N) is 6. The summed E-state index contributed by atoms with van der Waals surface area (Å²) in [4.78, 5) is 52.3. The molecule has 0 radical (unpaired) electrons. The Morgan fingerprint density at radius 1 is 0.603 bits per heavy atom. The summed E-state index contributed by atoms with van der Waals surface area (Å²) in [5, 5.41) is 9.20. The molecule has 2 amide bonds. The Kier molecular flexibility index (Phi) is 11.7. The minimum absolute atomic E-state index is 0.0929. The Morgan fingerprint density at radius 3 is 1.65 bits per heavy atom. The van der Waals surface area contributed by atoms with Crippen LogP contribution in [0.1, 0.15) is 88.9 Å². The number of halogens is 2. The second kappa shape index (κ2) is 18.3. The first-order valence-electron chi connectivity index (χ1n) is 23.4. The molecule has 12 rings (SSSR count). The van der Waals surface area contributed by atoms with E-state index in [1.807, 2.05) is 54.7 Å². The summed E-state index contributed by atoms with van der Waals surface area (Å²) in [5.74, 6) is 1.35. The maximum atomic E-state index is 13.2. The molecule has 15 heteroatoms. The van der Waals surface area contributed by atoms with Crippen LogP contribution in [0.2, 0.25) is 10.0 Å². The van der Waals surface area contributed by atoms with E-state index in [0.717, 1.165) is 85.5 Å². The molecule has 0 saturated carbocycles. The number of carbonyl (C=O) groups is 2. The van der Waals surface area contributed by atoms with Crippen LogP contribution in [-0.4, -0.2) is 82.8 Å². The van der Waals surface area contributed by atoms with Crippen molar-refractivity contribution in [1.82, 2.24) is 34.7 Å². The maximum absolute atomic E-state index is 13.2. The van der Waals surface area contributed by atoms with Gasteiger partial charge in [0.2, 0.25) is 11.9 Å². The van der Waals surface area contributed by atoms with E-state index in [4.69, 9.17) is 44.6 Å². The summed E-state index contributed by atoms with van der Waals surface area (Å²) in [6, 6.07) is 32.1. The van der Waals surface area contributed by atoms with Gasteiger partial charge < -0.3 is 36.9 Å². The number of allylic oxidation sites excluding steroid dienone is 1. The van der Waals surface area contributed by atoms with Crippen LogP contribution in [0, 0.1) is 0 Å². The second-order valence-electron chi connectivity index (χ2n) is 18.6. The SMILES string of the molecule is Nc1ccc(C(=O)N2[C@@H]3CC[C@H]2CC(Nc2ncc(Cl)c(-c4c[nH]c5ccccc45)n2)C3)cc1.Nc1ccc(C(=O)N2[C@@H]3CC[C@H]2CC(Nc2ncc(Cl)c(C4=CCc5ccccc54)n2)C3)cc1. The van der Waals surface area contributed by atoms with Crippen molar-refractivity contribution in [2.75, 3.05) is 22.1 Å². The third-order valence-corrected chi connectivity index (χ3v) is 14.9. The smallest absolute Gasteiger partial charge is 0.254 e. The third-order valence-electron chi connectivity index (χ3n) is 14.3. The maximum Gasteiger partial charge on any atom is 0.254 e. The van der Waals surface area contributed by atoms with Crippen LogP contribution in [-0.2, 0) is 6.42 Å². The Labute approximate surface area is 404 Å². The lowest BCUT2D eigenvalue weighted by Gasteiger charge is -2.39. The number of para-hydroxylation sites is 1. The molecule has 68 heavy (non-hydrogen) atoms. The zero-order chi connectivity index (χ0) is 46.5. The summed E-state index contributed by atoms with van der Waals surface area (Å²) in [6.45, 7) is 0. The van der Waals surface area contributed by atoms with Gasteiger partial charge in [-0.3, -0.25) is 9.59 Å². The molecule has 5 aliphatic rings. The van der Waals surface area contributed by atoms with E-state index >= 15 is 0 Å². The molecule has 4 saturated heterocycles. The molecule has 7 aromatic rings. The standard InChI is InChI=1S/C27H26ClN5O.C26H25ClN6O/c28-24-15-30-27(32-25(24)23-12-7-16-3-1-2-4-22(16)23)31-19-13-20-10-11-21(14-19)33(20)26(34)17-5-8-18(29)9-6-17;27-22-14-30-26(32-24(22)21-13-29-23-4-2-1-3-20(21)23)31-17-11-18-9-10-19(12-17)33(18)25(34)15-5-7-16(28)8-6-15/h1-6,8-9,12,15,19-21H,7,10-11,13-14,29H2,(H,30,31,32);1-8,13-14,17-19,29H,9-12,28H2,(H,30,31,32)/t19?,20-,21+;17?,18-,19+. The van der Waals surface area contributed by atoms with Crippen molar-refractivity contribution in [2.45, 2.75) is 94.0 Å². The highest BCUT2D eigenvalue weighted by Crippen LogP contribution is 2.41. The summed E-state index contributed by atoms with van der Waals surface area (Å²) in [7, 11) is 0. The average Bonchev–Trinajstić information content (AvgIpc) is 4.11. The molecule has 4 aromatic carbocycles. The van der Waals surface area contributed by atoms with Crippen molar-refractivity contribution >= 4 is 74.8 Å². The number of nitrogen functional groups attached to an aromatic ring is 2. The molecule has 6 atom stereocenters. The molecule has 344 valence electrons. The van der Waals surface area contributed by atoms with Crippen molar-refractivity contribution in [1.29, 1.82) is 0 Å². The molecule has 13 nitrogen and oxygen atoms in total. The van der Waals surface area contributed by atoms with E-state index in [-0.39, 0.29) is 48.1 Å². The van der Waals surface area contributed by atoms with Gasteiger partial charge in [0.1, 0.15) is 0 Å². The number of aromatic nitrogens is 5. The fraction of sp³-hybridized carbons (Fsp3) is 0.283. The van der Waals surface area contributed by atoms with Gasteiger partial charge in [-0.2, -0.15) is 0 Å². The van der Waals surface area contributed by atoms with Crippen LogP contribution in [0.4, 0.5) is 23.3 Å². The van der Waals surface area contributed by atoms with Gasteiger partial charge in [0, 0.05) is 87.0 Å². The number of rotatable bonds is 8. The molecule has 4 aliphatic heterocycles. The van der Waals surface area contributed by atoms with E-state index < -0.39 is 0 Å². The van der Waals surface area contributed by atoms with Crippen molar-refractivity contribution in [3.05, 3.63) is 160 Å². The molecule has 3 aromatic heterocycles. The number of aromatic amines is 1. The number of nitrogens with two attached hydrogens (primary N) is 2. The predicted molar refractivity (Wildman–Crippen MR) is 270 cm³/mol. The summed E-state index contributed by atoms with van der Waals surface area (Å²) in [5.41, 5.74) is 21.3. The van der Waals surface area contributed by atoms with Crippen LogP contribution in [0.25, 0.3) is 27.7 Å². The van der Waals surface area contributed by atoms with Crippen molar-refractivity contribution in [3.63, 3.8) is 0 Å². The third kappa shape index (κ3) is 8.49. The van der Waals surface area contributed by atoms with Gasteiger partial charge in [-0.05, 0) is 124 Å². The van der Waals surface area contributed by atoms with Crippen molar-refractivity contribution in [2.24, 2.45) is 0 Å². The molecule has 7 heterocycles. The van der Waals surface area contributed by atoms with E-state index in [1.54, 1.807) is 36.7 Å². The highest BCUT2D eigenvalue weighted by Gasteiger charge is 2.45. The van der Waals surface area contributed by atoms with Gasteiger partial charge in [0.25, 0.3) is 11.8 Å². The largest absolute Gasteiger partial charge is 0.399 e. The van der Waals surface area contributed by atoms with Crippen molar-refractivity contribution < 1.29 is 9.59 Å². The molecule has 4 fully saturated rings. The fourth-order valence-electron chi connectivity index (χ4n) is 11.2. The Balaban J connectivity index is 0.000000149. The molecule has 7 N–H and O–H groups in total. The number of amides is 2. The monoisotopic (exact) mass is 943 g/mol. The van der Waals surface area contributed by atoms with Gasteiger partial charge in [0.05, 0.1) is 33.8 Å². The van der Waals surface area contributed by atoms with E-state index in [1.165, 1.54) is 11.1 Å². The number of anilines is 4. The lowest BCUT2D eigenvalue weighted by Crippen LogP contribution is -2.49. The van der Waals surface area contributed by atoms with Gasteiger partial charge in [0.15, 0.2) is 0 Å². The number of carbonyl (C=O) groups excluding carboxylic acids is 2. The molecule has 1 aliphatic carbocycles. The number of hydrogen-bond acceptors (Lipinski definition) is 10. The molecule has 4 bridgehead atoms. The van der Waals surface area contributed by atoms with Crippen LogP contribution in [0.15, 0.2) is 122 Å².